The maximum atomic E-state index is 11.4. The first kappa shape index (κ1) is 12.5. The van der Waals surface area contributed by atoms with Crippen molar-refractivity contribution in [1.82, 2.24) is 10.3 Å². The summed E-state index contributed by atoms with van der Waals surface area (Å²) in [6.07, 6.45) is 1.33. The average Bonchev–Trinajstić information content (AvgIpc) is 2.90. The number of nitrogens with two attached hydrogens (primary N) is 1. The lowest BCUT2D eigenvalue weighted by atomic mass is 10.0. The van der Waals surface area contributed by atoms with Gasteiger partial charge >= 0.3 is 0 Å². The second-order valence-electron chi connectivity index (χ2n) is 4.95. The number of carbonyl (C=O) groups is 1. The summed E-state index contributed by atoms with van der Waals surface area (Å²) >= 11 is 0. The molecule has 0 spiro atoms. The van der Waals surface area contributed by atoms with E-state index in [1.165, 1.54) is 6.42 Å². The fourth-order valence-corrected chi connectivity index (χ4v) is 1.92. The van der Waals surface area contributed by atoms with E-state index in [0.717, 1.165) is 18.4 Å². The first-order valence-electron chi connectivity index (χ1n) is 5.68. The summed E-state index contributed by atoms with van der Waals surface area (Å²) in [4.78, 5) is 13.6. The standard InChI is InChI=1S/C11H23N3O/c1-7-5-10(7)6-14(4)9(3)8(2)11(15)13-12/h7-10H,5-6,12H2,1-4H3,(H,13,15). The maximum Gasteiger partial charge on any atom is 0.238 e. The molecule has 0 aromatic heterocycles. The van der Waals surface area contributed by atoms with E-state index >= 15 is 0 Å². The number of hydrogen-bond acceptors (Lipinski definition) is 3. The summed E-state index contributed by atoms with van der Waals surface area (Å²) in [6.45, 7) is 7.36. The van der Waals surface area contributed by atoms with Gasteiger partial charge in [-0.05, 0) is 32.2 Å². The molecule has 0 radical (unpaired) electrons. The van der Waals surface area contributed by atoms with Gasteiger partial charge in [0.15, 0.2) is 0 Å². The van der Waals surface area contributed by atoms with Crippen LogP contribution in [0.15, 0.2) is 0 Å². The molecular formula is C11H23N3O. The van der Waals surface area contributed by atoms with E-state index in [2.05, 4.69) is 31.2 Å². The minimum Gasteiger partial charge on any atom is -0.303 e. The fourth-order valence-electron chi connectivity index (χ4n) is 1.92. The number of hydrogen-bond donors (Lipinski definition) is 2. The summed E-state index contributed by atoms with van der Waals surface area (Å²) in [6, 6.07) is 0.237. The highest BCUT2D eigenvalue weighted by Crippen LogP contribution is 2.38. The van der Waals surface area contributed by atoms with Gasteiger partial charge in [-0.1, -0.05) is 13.8 Å². The summed E-state index contributed by atoms with van der Waals surface area (Å²) in [5, 5.41) is 0. The first-order chi connectivity index (χ1) is 6.97. The monoisotopic (exact) mass is 213 g/mol. The molecular weight excluding hydrogens is 190 g/mol. The van der Waals surface area contributed by atoms with Crippen molar-refractivity contribution in [2.75, 3.05) is 13.6 Å². The van der Waals surface area contributed by atoms with Gasteiger partial charge in [-0.25, -0.2) is 5.84 Å². The van der Waals surface area contributed by atoms with Crippen LogP contribution in [0.25, 0.3) is 0 Å². The second kappa shape index (κ2) is 4.94. The lowest BCUT2D eigenvalue weighted by Crippen LogP contribution is -2.45. The zero-order valence-electron chi connectivity index (χ0n) is 10.2. The van der Waals surface area contributed by atoms with E-state index in [1.807, 2.05) is 6.92 Å². The molecule has 88 valence electrons. The third-order valence-corrected chi connectivity index (χ3v) is 3.77. The van der Waals surface area contributed by atoms with Gasteiger partial charge in [-0.3, -0.25) is 10.2 Å². The molecule has 0 aliphatic heterocycles. The van der Waals surface area contributed by atoms with Crippen molar-refractivity contribution in [3.63, 3.8) is 0 Å². The zero-order chi connectivity index (χ0) is 11.6. The predicted molar refractivity (Wildman–Crippen MR) is 60.9 cm³/mol. The van der Waals surface area contributed by atoms with Gasteiger partial charge in [0.05, 0.1) is 5.92 Å². The first-order valence-corrected chi connectivity index (χ1v) is 5.68. The molecule has 4 unspecified atom stereocenters. The minimum atomic E-state index is -0.0850. The van der Waals surface area contributed by atoms with E-state index in [9.17, 15) is 4.79 Å². The molecule has 4 heteroatoms. The second-order valence-corrected chi connectivity index (χ2v) is 4.95. The third kappa shape index (κ3) is 3.18. The van der Waals surface area contributed by atoms with Crippen LogP contribution in [-0.2, 0) is 4.79 Å². The van der Waals surface area contributed by atoms with E-state index in [4.69, 9.17) is 5.84 Å². The number of nitrogens with one attached hydrogen (secondary N) is 1. The number of hydrazine groups is 1. The lowest BCUT2D eigenvalue weighted by Gasteiger charge is -2.28. The van der Waals surface area contributed by atoms with Crippen molar-refractivity contribution in [3.8, 4) is 0 Å². The van der Waals surface area contributed by atoms with Gasteiger partial charge in [-0.2, -0.15) is 0 Å². The maximum absolute atomic E-state index is 11.4. The largest absolute Gasteiger partial charge is 0.303 e. The van der Waals surface area contributed by atoms with Crippen molar-refractivity contribution >= 4 is 5.91 Å². The van der Waals surface area contributed by atoms with E-state index in [0.29, 0.717) is 0 Å². The van der Waals surface area contributed by atoms with Crippen LogP contribution in [0.2, 0.25) is 0 Å². The van der Waals surface area contributed by atoms with Crippen molar-refractivity contribution in [2.24, 2.45) is 23.6 Å². The Hall–Kier alpha value is -0.610. The summed E-state index contributed by atoms with van der Waals surface area (Å²) in [5.41, 5.74) is 2.21. The Kier molecular flexibility index (Phi) is 4.11. The molecule has 1 saturated carbocycles. The molecule has 4 nitrogen and oxygen atoms in total. The summed E-state index contributed by atoms with van der Waals surface area (Å²) < 4.78 is 0. The number of carbonyl (C=O) groups excluding carboxylic acids is 1. The van der Waals surface area contributed by atoms with Crippen LogP contribution in [0.1, 0.15) is 27.2 Å². The Morgan fingerprint density at radius 2 is 2.13 bits per heavy atom. The van der Waals surface area contributed by atoms with Crippen LogP contribution in [-0.4, -0.2) is 30.4 Å². The fraction of sp³-hybridized carbons (Fsp3) is 0.909. The smallest absolute Gasteiger partial charge is 0.238 e. The Bertz CT molecular complexity index is 232. The van der Waals surface area contributed by atoms with Crippen LogP contribution in [0.5, 0.6) is 0 Å². The van der Waals surface area contributed by atoms with E-state index in [1.54, 1.807) is 0 Å². The van der Waals surface area contributed by atoms with E-state index in [-0.39, 0.29) is 17.9 Å². The van der Waals surface area contributed by atoms with Crippen LogP contribution < -0.4 is 11.3 Å². The molecule has 3 N–H and O–H groups in total. The number of rotatable bonds is 5. The Morgan fingerprint density at radius 1 is 1.60 bits per heavy atom. The quantitative estimate of drug-likeness (QED) is 0.399. The topological polar surface area (TPSA) is 58.4 Å². The van der Waals surface area contributed by atoms with Gasteiger partial charge in [0, 0.05) is 12.6 Å². The highest BCUT2D eigenvalue weighted by atomic mass is 16.2. The van der Waals surface area contributed by atoms with Crippen LogP contribution in [0, 0.1) is 17.8 Å². The van der Waals surface area contributed by atoms with Gasteiger partial charge in [-0.15, -0.1) is 0 Å². The highest BCUT2D eigenvalue weighted by molar-refractivity contribution is 5.78. The van der Waals surface area contributed by atoms with E-state index < -0.39 is 0 Å². The Labute approximate surface area is 92.2 Å². The number of nitrogens with zero attached hydrogens (tertiary/aromatic N) is 1. The van der Waals surface area contributed by atoms with Gasteiger partial charge < -0.3 is 4.90 Å². The molecule has 0 saturated heterocycles. The summed E-state index contributed by atoms with van der Waals surface area (Å²) in [5.74, 6) is 6.67. The van der Waals surface area contributed by atoms with Crippen LogP contribution in [0.3, 0.4) is 0 Å². The van der Waals surface area contributed by atoms with Crippen molar-refractivity contribution < 1.29 is 4.79 Å². The van der Waals surface area contributed by atoms with Gasteiger partial charge in [0.1, 0.15) is 0 Å². The normalized spacial score (nSPS) is 28.7. The molecule has 15 heavy (non-hydrogen) atoms. The highest BCUT2D eigenvalue weighted by Gasteiger charge is 2.35. The molecule has 0 heterocycles. The molecule has 0 aromatic carbocycles. The molecule has 1 fully saturated rings. The predicted octanol–water partition coefficient (Wildman–Crippen LogP) is 0.589. The van der Waals surface area contributed by atoms with Crippen LogP contribution in [0.4, 0.5) is 0 Å². The molecule has 1 rings (SSSR count). The molecule has 4 atom stereocenters. The SMILES string of the molecule is CC1CC1CN(C)C(C)C(C)C(=O)NN. The molecule has 0 bridgehead atoms. The molecule has 1 aliphatic carbocycles. The Morgan fingerprint density at radius 3 is 2.53 bits per heavy atom. The summed E-state index contributed by atoms with van der Waals surface area (Å²) in [7, 11) is 2.08. The third-order valence-electron chi connectivity index (χ3n) is 3.77. The molecule has 0 aromatic rings. The molecule has 1 aliphatic rings. The minimum absolute atomic E-state index is 0.0611. The van der Waals surface area contributed by atoms with Crippen LogP contribution >= 0.6 is 0 Å². The molecule has 1 amide bonds. The lowest BCUT2D eigenvalue weighted by molar-refractivity contribution is -0.126. The average molecular weight is 213 g/mol. The Balaban J connectivity index is 2.37. The van der Waals surface area contributed by atoms with Gasteiger partial charge in [0.2, 0.25) is 5.91 Å². The number of amides is 1. The van der Waals surface area contributed by atoms with Crippen molar-refractivity contribution in [3.05, 3.63) is 0 Å². The van der Waals surface area contributed by atoms with Crippen molar-refractivity contribution in [2.45, 2.75) is 33.2 Å². The van der Waals surface area contributed by atoms with Gasteiger partial charge in [0.25, 0.3) is 0 Å². The zero-order valence-corrected chi connectivity index (χ0v) is 10.2. The van der Waals surface area contributed by atoms with Crippen molar-refractivity contribution in [1.29, 1.82) is 0 Å².